The maximum Gasteiger partial charge on any atom is 0.200 e. The molecule has 1 aliphatic heterocycles. The summed E-state index contributed by atoms with van der Waals surface area (Å²) in [5, 5.41) is 8.39. The van der Waals surface area contributed by atoms with E-state index in [9.17, 15) is 0 Å². The first-order chi connectivity index (χ1) is 8.40. The maximum absolute atomic E-state index is 5.75. The molecule has 2 aromatic rings. The van der Waals surface area contributed by atoms with Crippen molar-refractivity contribution in [3.8, 4) is 5.88 Å². The van der Waals surface area contributed by atoms with Gasteiger partial charge < -0.3 is 9.47 Å². The van der Waals surface area contributed by atoms with E-state index in [1.54, 1.807) is 7.11 Å². The van der Waals surface area contributed by atoms with E-state index in [1.807, 2.05) is 22.6 Å². The van der Waals surface area contributed by atoms with Crippen molar-refractivity contribution in [1.82, 2.24) is 14.6 Å². The van der Waals surface area contributed by atoms with Crippen LogP contribution < -0.4 is 4.74 Å². The third-order valence-electron chi connectivity index (χ3n) is 3.09. The van der Waals surface area contributed by atoms with Crippen LogP contribution >= 0.6 is 0 Å². The minimum Gasteiger partial charge on any atom is -0.482 e. The monoisotopic (exact) mass is 233 g/mol. The molecule has 0 amide bonds. The molecule has 2 aromatic heterocycles. The summed E-state index contributed by atoms with van der Waals surface area (Å²) in [5.74, 6) is 1.59. The van der Waals surface area contributed by atoms with Crippen LogP contribution in [0.15, 0.2) is 18.2 Å². The molecule has 0 saturated carbocycles. The van der Waals surface area contributed by atoms with Gasteiger partial charge in [-0.3, -0.25) is 0 Å². The van der Waals surface area contributed by atoms with Crippen LogP contribution in [0.1, 0.15) is 31.2 Å². The van der Waals surface area contributed by atoms with Gasteiger partial charge in [0.2, 0.25) is 5.88 Å². The molecule has 0 bridgehead atoms. The molecule has 0 N–H and O–H groups in total. The van der Waals surface area contributed by atoms with Gasteiger partial charge in [-0.1, -0.05) is 6.07 Å². The lowest BCUT2D eigenvalue weighted by molar-refractivity contribution is 0.00853. The Morgan fingerprint density at radius 3 is 3.06 bits per heavy atom. The van der Waals surface area contributed by atoms with E-state index in [2.05, 4.69) is 10.2 Å². The molecule has 1 saturated heterocycles. The first kappa shape index (κ1) is 10.5. The molecule has 5 heteroatoms. The summed E-state index contributed by atoms with van der Waals surface area (Å²) < 4.78 is 13.0. The molecule has 5 nitrogen and oxygen atoms in total. The number of hydrogen-bond donors (Lipinski definition) is 0. The Kier molecular flexibility index (Phi) is 2.68. The van der Waals surface area contributed by atoms with Crippen LogP contribution in [0.5, 0.6) is 5.88 Å². The highest BCUT2D eigenvalue weighted by atomic mass is 16.5. The van der Waals surface area contributed by atoms with Crippen LogP contribution in [0.4, 0.5) is 0 Å². The zero-order valence-electron chi connectivity index (χ0n) is 9.80. The fourth-order valence-corrected chi connectivity index (χ4v) is 2.25. The zero-order valence-corrected chi connectivity index (χ0v) is 9.80. The Morgan fingerprint density at radius 1 is 1.35 bits per heavy atom. The lowest BCUT2D eigenvalue weighted by Crippen LogP contribution is -2.15. The second kappa shape index (κ2) is 4.33. The van der Waals surface area contributed by atoms with Gasteiger partial charge in [0, 0.05) is 6.61 Å². The Balaban J connectivity index is 2.09. The van der Waals surface area contributed by atoms with Crippen LogP contribution in [0.2, 0.25) is 0 Å². The average molecular weight is 233 g/mol. The second-order valence-electron chi connectivity index (χ2n) is 4.18. The molecule has 1 fully saturated rings. The summed E-state index contributed by atoms with van der Waals surface area (Å²) in [5.41, 5.74) is 0.800. The fourth-order valence-electron chi connectivity index (χ4n) is 2.25. The Hall–Kier alpha value is -1.62. The molecular weight excluding hydrogens is 218 g/mol. The van der Waals surface area contributed by atoms with E-state index >= 15 is 0 Å². The largest absolute Gasteiger partial charge is 0.482 e. The molecule has 0 aliphatic carbocycles. The fraction of sp³-hybridized carbons (Fsp3) is 0.500. The lowest BCUT2D eigenvalue weighted by atomic mass is 10.1. The summed E-state index contributed by atoms with van der Waals surface area (Å²) in [4.78, 5) is 0. The molecule has 3 rings (SSSR count). The van der Waals surface area contributed by atoms with E-state index in [4.69, 9.17) is 9.47 Å². The van der Waals surface area contributed by atoms with Gasteiger partial charge in [-0.2, -0.15) is 0 Å². The quantitative estimate of drug-likeness (QED) is 0.795. The van der Waals surface area contributed by atoms with Gasteiger partial charge in [-0.15, -0.1) is 10.2 Å². The predicted molar refractivity (Wildman–Crippen MR) is 62.1 cm³/mol. The summed E-state index contributed by atoms with van der Waals surface area (Å²) in [7, 11) is 1.65. The van der Waals surface area contributed by atoms with Crippen molar-refractivity contribution in [2.75, 3.05) is 13.7 Å². The highest BCUT2D eigenvalue weighted by molar-refractivity contribution is 5.42. The number of nitrogens with zero attached hydrogens (tertiary/aromatic N) is 3. The third-order valence-corrected chi connectivity index (χ3v) is 3.09. The Bertz CT molecular complexity index is 517. The second-order valence-corrected chi connectivity index (χ2v) is 4.18. The highest BCUT2D eigenvalue weighted by Crippen LogP contribution is 2.28. The van der Waals surface area contributed by atoms with Crippen molar-refractivity contribution in [1.29, 1.82) is 0 Å². The number of rotatable bonds is 2. The van der Waals surface area contributed by atoms with E-state index in [1.165, 1.54) is 6.42 Å². The molecule has 0 spiro atoms. The van der Waals surface area contributed by atoms with E-state index in [-0.39, 0.29) is 6.10 Å². The number of pyridine rings is 1. The number of hydrogen-bond acceptors (Lipinski definition) is 4. The molecule has 17 heavy (non-hydrogen) atoms. The van der Waals surface area contributed by atoms with Crippen molar-refractivity contribution < 1.29 is 9.47 Å². The first-order valence-corrected chi connectivity index (χ1v) is 5.90. The van der Waals surface area contributed by atoms with Crippen molar-refractivity contribution >= 4 is 5.65 Å². The molecular formula is C12H15N3O2. The first-order valence-electron chi connectivity index (χ1n) is 5.90. The van der Waals surface area contributed by atoms with Crippen LogP contribution in [-0.2, 0) is 4.74 Å². The predicted octanol–water partition coefficient (Wildman–Crippen LogP) is 1.98. The molecule has 3 heterocycles. The van der Waals surface area contributed by atoms with Gasteiger partial charge >= 0.3 is 0 Å². The summed E-state index contributed by atoms with van der Waals surface area (Å²) >= 11 is 0. The molecule has 1 atom stereocenters. The van der Waals surface area contributed by atoms with Gasteiger partial charge in [-0.05, 0) is 31.4 Å². The van der Waals surface area contributed by atoms with Crippen LogP contribution in [-0.4, -0.2) is 28.3 Å². The van der Waals surface area contributed by atoms with Crippen LogP contribution in [0.25, 0.3) is 5.65 Å². The molecule has 1 aliphatic rings. The Morgan fingerprint density at radius 2 is 2.29 bits per heavy atom. The van der Waals surface area contributed by atoms with Gasteiger partial charge in [0.05, 0.1) is 7.11 Å². The molecule has 0 radical (unpaired) electrons. The summed E-state index contributed by atoms with van der Waals surface area (Å²) in [6.07, 6.45) is 3.34. The summed E-state index contributed by atoms with van der Waals surface area (Å²) in [6, 6.07) is 5.74. The molecule has 0 aromatic carbocycles. The standard InChI is InChI=1S/C12H15N3O2/c1-16-11-7-4-6-10-13-14-12(15(10)11)9-5-2-3-8-17-9/h4,6-7,9H,2-3,5,8H2,1H3. The SMILES string of the molecule is COc1cccc2nnc(C3CCCCO3)n12. The Labute approximate surface area is 99.4 Å². The highest BCUT2D eigenvalue weighted by Gasteiger charge is 2.22. The van der Waals surface area contributed by atoms with E-state index in [0.717, 1.165) is 36.8 Å². The number of ether oxygens (including phenoxy) is 2. The van der Waals surface area contributed by atoms with Crippen molar-refractivity contribution in [3.63, 3.8) is 0 Å². The van der Waals surface area contributed by atoms with E-state index < -0.39 is 0 Å². The van der Waals surface area contributed by atoms with Gasteiger partial charge in [0.1, 0.15) is 6.10 Å². The third kappa shape index (κ3) is 1.76. The number of methoxy groups -OCH3 is 1. The van der Waals surface area contributed by atoms with E-state index in [0.29, 0.717) is 0 Å². The molecule has 90 valence electrons. The number of aromatic nitrogens is 3. The smallest absolute Gasteiger partial charge is 0.200 e. The van der Waals surface area contributed by atoms with Crippen molar-refractivity contribution in [2.45, 2.75) is 25.4 Å². The normalized spacial score (nSPS) is 20.6. The lowest BCUT2D eigenvalue weighted by Gasteiger charge is -2.21. The van der Waals surface area contributed by atoms with Crippen molar-refractivity contribution in [2.24, 2.45) is 0 Å². The van der Waals surface area contributed by atoms with Gasteiger partial charge in [0.15, 0.2) is 11.5 Å². The van der Waals surface area contributed by atoms with Crippen molar-refractivity contribution in [3.05, 3.63) is 24.0 Å². The van der Waals surface area contributed by atoms with Gasteiger partial charge in [0.25, 0.3) is 0 Å². The van der Waals surface area contributed by atoms with Gasteiger partial charge in [-0.25, -0.2) is 4.40 Å². The molecule has 1 unspecified atom stereocenters. The van der Waals surface area contributed by atoms with Crippen LogP contribution in [0.3, 0.4) is 0 Å². The topological polar surface area (TPSA) is 48.7 Å². The van der Waals surface area contributed by atoms with Crippen LogP contribution in [0, 0.1) is 0 Å². The minimum absolute atomic E-state index is 0.0371. The maximum atomic E-state index is 5.75. The number of fused-ring (bicyclic) bond motifs is 1. The average Bonchev–Trinajstić information content (AvgIpc) is 2.83. The minimum atomic E-state index is 0.0371. The zero-order chi connectivity index (χ0) is 11.7. The summed E-state index contributed by atoms with van der Waals surface area (Å²) in [6.45, 7) is 0.800.